The van der Waals surface area contributed by atoms with Gasteiger partial charge in [0.2, 0.25) is 11.5 Å². The molecular formula is C22H27ClO8. The zero-order valence-electron chi connectivity index (χ0n) is 18.1. The van der Waals surface area contributed by atoms with Gasteiger partial charge in [0, 0.05) is 15.8 Å². The Kier molecular flexibility index (Phi) is 9.52. The van der Waals surface area contributed by atoms with Crippen molar-refractivity contribution in [2.75, 3.05) is 26.4 Å². The van der Waals surface area contributed by atoms with E-state index in [0.717, 1.165) is 0 Å². The molecule has 0 aliphatic heterocycles. The number of hydrogen-bond acceptors (Lipinski definition) is 8. The van der Waals surface area contributed by atoms with E-state index in [2.05, 4.69) is 0 Å². The number of halogens is 1. The number of fused-ring (bicyclic) bond motifs is 1. The van der Waals surface area contributed by atoms with E-state index in [1.807, 2.05) is 13.8 Å². The lowest BCUT2D eigenvalue weighted by Gasteiger charge is -2.20. The number of carbonyl (C=O) groups excluding carboxylic acids is 2. The fourth-order valence-corrected chi connectivity index (χ4v) is 2.88. The van der Waals surface area contributed by atoms with E-state index in [-0.39, 0.29) is 49.4 Å². The molecule has 0 fully saturated rings. The van der Waals surface area contributed by atoms with E-state index in [4.69, 9.17) is 40.0 Å². The van der Waals surface area contributed by atoms with Crippen LogP contribution in [0.5, 0.6) is 23.0 Å². The molecule has 0 heterocycles. The van der Waals surface area contributed by atoms with Gasteiger partial charge in [-0.3, -0.25) is 0 Å². The second kappa shape index (κ2) is 12.1. The summed E-state index contributed by atoms with van der Waals surface area (Å²) in [6.45, 7) is 8.12. The van der Waals surface area contributed by atoms with Crippen LogP contribution in [-0.4, -0.2) is 38.7 Å². The maximum atomic E-state index is 12.2. The molecule has 170 valence electrons. The van der Waals surface area contributed by atoms with E-state index in [1.54, 1.807) is 32.0 Å². The highest BCUT2D eigenvalue weighted by atomic mass is 35.5. The summed E-state index contributed by atoms with van der Waals surface area (Å²) in [7, 11) is 0. The first-order chi connectivity index (χ1) is 15.0. The number of rotatable bonds is 10. The number of benzene rings is 2. The number of hydrogen-bond donors (Lipinski definition) is 0. The molecule has 0 saturated carbocycles. The second-order valence-electron chi connectivity index (χ2n) is 6.27. The van der Waals surface area contributed by atoms with Crippen molar-refractivity contribution in [2.24, 2.45) is 0 Å². The molecule has 0 bridgehead atoms. The highest BCUT2D eigenvalue weighted by Gasteiger charge is 2.28. The van der Waals surface area contributed by atoms with Crippen molar-refractivity contribution in [2.45, 2.75) is 40.5 Å². The first kappa shape index (κ1) is 24.4. The van der Waals surface area contributed by atoms with Gasteiger partial charge in [-0.15, -0.1) is 0 Å². The maximum Gasteiger partial charge on any atom is 0.513 e. The lowest BCUT2D eigenvalue weighted by molar-refractivity contribution is 0.0951. The Morgan fingerprint density at radius 3 is 1.68 bits per heavy atom. The van der Waals surface area contributed by atoms with E-state index in [9.17, 15) is 9.59 Å². The van der Waals surface area contributed by atoms with Crippen LogP contribution in [-0.2, 0) is 9.47 Å². The Morgan fingerprint density at radius 2 is 1.23 bits per heavy atom. The van der Waals surface area contributed by atoms with Crippen LogP contribution in [0, 0.1) is 0 Å². The quantitative estimate of drug-likeness (QED) is 0.312. The van der Waals surface area contributed by atoms with E-state index < -0.39 is 12.3 Å². The fourth-order valence-electron chi connectivity index (χ4n) is 2.70. The second-order valence-corrected chi connectivity index (χ2v) is 6.71. The number of carbonyl (C=O) groups is 2. The van der Waals surface area contributed by atoms with Crippen molar-refractivity contribution in [1.82, 2.24) is 0 Å². The molecular weight excluding hydrogens is 428 g/mol. The van der Waals surface area contributed by atoms with Crippen LogP contribution in [0.15, 0.2) is 18.2 Å². The van der Waals surface area contributed by atoms with Crippen molar-refractivity contribution in [3.63, 3.8) is 0 Å². The highest BCUT2D eigenvalue weighted by molar-refractivity contribution is 6.31. The molecule has 0 spiro atoms. The first-order valence-electron chi connectivity index (χ1n) is 10.2. The van der Waals surface area contributed by atoms with Crippen LogP contribution in [0.1, 0.15) is 40.5 Å². The summed E-state index contributed by atoms with van der Waals surface area (Å²) in [4.78, 5) is 24.4. The molecule has 0 amide bonds. The average Bonchev–Trinajstić information content (AvgIpc) is 2.75. The smallest absolute Gasteiger partial charge is 0.487 e. The molecule has 0 aromatic heterocycles. The Bertz CT molecular complexity index is 912. The van der Waals surface area contributed by atoms with Crippen LogP contribution in [0.2, 0.25) is 5.02 Å². The molecule has 9 heteroatoms. The van der Waals surface area contributed by atoms with Crippen molar-refractivity contribution < 1.29 is 38.0 Å². The zero-order valence-corrected chi connectivity index (χ0v) is 18.9. The summed E-state index contributed by atoms with van der Waals surface area (Å²) in [5.74, 6) is 0.322. The summed E-state index contributed by atoms with van der Waals surface area (Å²) in [6.07, 6.45) is -0.516. The molecule has 0 saturated heterocycles. The first-order valence-corrected chi connectivity index (χ1v) is 10.6. The summed E-state index contributed by atoms with van der Waals surface area (Å²) in [5, 5.41) is 1.18. The summed E-state index contributed by atoms with van der Waals surface area (Å²) in [6, 6.07) is 4.81. The molecule has 0 N–H and O–H groups in total. The normalized spacial score (nSPS) is 10.5. The Hall–Kier alpha value is -2.87. The predicted octanol–water partition coefficient (Wildman–Crippen LogP) is 6.14. The van der Waals surface area contributed by atoms with Gasteiger partial charge in [-0.1, -0.05) is 25.4 Å². The zero-order chi connectivity index (χ0) is 22.8. The average molecular weight is 455 g/mol. The van der Waals surface area contributed by atoms with E-state index in [1.165, 1.54) is 0 Å². The van der Waals surface area contributed by atoms with Gasteiger partial charge >= 0.3 is 12.3 Å². The minimum Gasteiger partial charge on any atom is -0.487 e. The van der Waals surface area contributed by atoms with Gasteiger partial charge in [-0.05, 0) is 44.9 Å². The van der Waals surface area contributed by atoms with E-state index in [0.29, 0.717) is 28.6 Å². The van der Waals surface area contributed by atoms with Crippen molar-refractivity contribution >= 4 is 34.7 Å². The van der Waals surface area contributed by atoms with Gasteiger partial charge in [0.15, 0.2) is 11.5 Å². The lowest BCUT2D eigenvalue weighted by Crippen LogP contribution is -2.15. The minimum atomic E-state index is -0.900. The van der Waals surface area contributed by atoms with Crippen LogP contribution >= 0.6 is 11.6 Å². The molecule has 31 heavy (non-hydrogen) atoms. The molecule has 0 aliphatic rings. The molecule has 2 rings (SSSR count). The van der Waals surface area contributed by atoms with Crippen molar-refractivity contribution in [1.29, 1.82) is 0 Å². The van der Waals surface area contributed by atoms with Gasteiger partial charge in [-0.25, -0.2) is 9.59 Å². The molecule has 8 nitrogen and oxygen atoms in total. The van der Waals surface area contributed by atoms with Gasteiger partial charge in [0.25, 0.3) is 0 Å². The number of ether oxygens (including phenoxy) is 6. The summed E-state index contributed by atoms with van der Waals surface area (Å²) >= 11 is 6.19. The Balaban J connectivity index is 2.71. The molecule has 2 aromatic carbocycles. The highest BCUT2D eigenvalue weighted by Crippen LogP contribution is 2.52. The Morgan fingerprint density at radius 1 is 0.742 bits per heavy atom. The van der Waals surface area contributed by atoms with Crippen LogP contribution in [0.3, 0.4) is 0 Å². The van der Waals surface area contributed by atoms with Gasteiger partial charge in [0.1, 0.15) is 0 Å². The third kappa shape index (κ3) is 6.30. The third-order valence-corrected chi connectivity index (χ3v) is 4.12. The standard InChI is InChI=1S/C22H27ClO8/c1-5-11-28-21(24)30-17-15-10-9-14(23)13-16(15)18(31-22(25)29-12-6-2)20(27-8-4)19(17)26-7-3/h9-10,13H,5-8,11-12H2,1-4H3. The molecule has 0 atom stereocenters. The topological polar surface area (TPSA) is 89.5 Å². The van der Waals surface area contributed by atoms with E-state index >= 15 is 0 Å². The fraction of sp³-hybridized carbons (Fsp3) is 0.455. The van der Waals surface area contributed by atoms with Crippen molar-refractivity contribution in [3.8, 4) is 23.0 Å². The SMILES string of the molecule is CCCOC(=O)Oc1c(OCC)c(OCC)c(OC(=O)OCCC)c2cc(Cl)ccc12. The molecule has 0 unspecified atom stereocenters. The minimum absolute atomic E-state index is 0.0539. The molecule has 2 aromatic rings. The van der Waals surface area contributed by atoms with Gasteiger partial charge < -0.3 is 28.4 Å². The summed E-state index contributed by atoms with van der Waals surface area (Å²) < 4.78 is 32.6. The van der Waals surface area contributed by atoms with Gasteiger partial charge in [-0.2, -0.15) is 0 Å². The Labute approximate surface area is 186 Å². The molecule has 0 aliphatic carbocycles. The monoisotopic (exact) mass is 454 g/mol. The summed E-state index contributed by atoms with van der Waals surface area (Å²) in [5.41, 5.74) is 0. The van der Waals surface area contributed by atoms with Crippen LogP contribution < -0.4 is 18.9 Å². The lowest BCUT2D eigenvalue weighted by atomic mass is 10.1. The van der Waals surface area contributed by atoms with Gasteiger partial charge in [0.05, 0.1) is 26.4 Å². The van der Waals surface area contributed by atoms with Crippen LogP contribution in [0.25, 0.3) is 10.8 Å². The molecule has 0 radical (unpaired) electrons. The largest absolute Gasteiger partial charge is 0.513 e. The van der Waals surface area contributed by atoms with Crippen LogP contribution in [0.4, 0.5) is 9.59 Å². The third-order valence-electron chi connectivity index (χ3n) is 3.89. The van der Waals surface area contributed by atoms with Crippen molar-refractivity contribution in [3.05, 3.63) is 23.2 Å². The maximum absolute atomic E-state index is 12.2. The predicted molar refractivity (Wildman–Crippen MR) is 116 cm³/mol.